The second kappa shape index (κ2) is 26.7. The van der Waals surface area contributed by atoms with Crippen molar-refractivity contribution in [3.8, 4) is 0 Å². The molecule has 75 heavy (non-hydrogen) atoms. The van der Waals surface area contributed by atoms with Gasteiger partial charge in [-0.05, 0) is 55.2 Å². The van der Waals surface area contributed by atoms with Gasteiger partial charge in [-0.1, -0.05) is 36.9 Å². The van der Waals surface area contributed by atoms with Gasteiger partial charge in [0.25, 0.3) is 11.7 Å². The molecule has 0 aromatic heterocycles. The van der Waals surface area contributed by atoms with Gasteiger partial charge in [0.15, 0.2) is 18.9 Å². The Labute approximate surface area is 429 Å². The van der Waals surface area contributed by atoms with Crippen molar-refractivity contribution in [1.29, 1.82) is 0 Å². The largest absolute Gasteiger partial charge is 0.477 e. The number of ether oxygens (including phenoxy) is 8. The van der Waals surface area contributed by atoms with E-state index in [2.05, 4.69) is 22.5 Å². The van der Waals surface area contributed by atoms with Gasteiger partial charge < -0.3 is 115 Å². The maximum atomic E-state index is 14.4. The Hall–Kier alpha value is -4.44. The number of benzene rings is 2. The minimum Gasteiger partial charge on any atom is -0.477 e. The van der Waals surface area contributed by atoms with Crippen molar-refractivity contribution in [2.45, 2.75) is 168 Å². The minimum absolute atomic E-state index is 0.0622. The third kappa shape index (κ3) is 14.0. The van der Waals surface area contributed by atoms with Crippen LogP contribution in [-0.2, 0) is 52.3 Å². The quantitative estimate of drug-likeness (QED) is 0.0365. The lowest BCUT2D eigenvalue weighted by Crippen LogP contribution is -2.71. The summed E-state index contributed by atoms with van der Waals surface area (Å²) in [6, 6.07) is 8.78. The summed E-state index contributed by atoms with van der Waals surface area (Å²) in [5.74, 6) is -7.09. The number of unbranched alkanes of at least 4 members (excludes halogenated alkanes) is 2. The van der Waals surface area contributed by atoms with Crippen LogP contribution in [0.1, 0.15) is 49.9 Å². The number of aliphatic hydroxyl groups is 11. The third-order valence-corrected chi connectivity index (χ3v) is 13.4. The molecule has 4 heterocycles. The van der Waals surface area contributed by atoms with Crippen molar-refractivity contribution in [3.63, 3.8) is 0 Å². The Bertz CT molecular complexity index is 2230. The van der Waals surface area contributed by atoms with Crippen LogP contribution in [0.2, 0.25) is 0 Å². The predicted octanol–water partition coefficient (Wildman–Crippen LogP) is -5.28. The number of fused-ring (bicyclic) bond motifs is 1. The zero-order valence-corrected chi connectivity index (χ0v) is 41.0. The summed E-state index contributed by atoms with van der Waals surface area (Å²) in [4.78, 5) is 51.4. The lowest BCUT2D eigenvalue weighted by Gasteiger charge is -2.51. The van der Waals surface area contributed by atoms with Gasteiger partial charge in [0.1, 0.15) is 85.4 Å². The molecular weight excluding hydrogens is 1000 g/mol. The smallest absolute Gasteiger partial charge is 0.364 e. The van der Waals surface area contributed by atoms with Crippen LogP contribution in [0.3, 0.4) is 0 Å². The fourth-order valence-electron chi connectivity index (χ4n) is 9.33. The number of hydrogen-bond acceptors (Lipinski definition) is 23. The first kappa shape index (κ1) is 59.8. The first-order valence-electron chi connectivity index (χ1n) is 24.4. The zero-order chi connectivity index (χ0) is 54.9. The van der Waals surface area contributed by atoms with Gasteiger partial charge in [-0.3, -0.25) is 14.4 Å². The SMILES string of the molecule is C=CC(=O)NCCCCCO[C@@H]1O[C@H](CO)[C@@H](O[C@@H]2O[C@H](CO)[C@H](O)[C@H](O[C@]3(C(=O)O)C[C@H](O)[C@@H](NC(C)=O)[C@H]([C@H](O)[C@H](O)CO)O3)[C@H]2O)[C@H](O[C@@H]2O[C@@H](C)[C@@H](O)[C@@H](O)[C@@H]2O)[C@H]1NC(=O)c1ccc2ccccc2c1. The van der Waals surface area contributed by atoms with Crippen LogP contribution in [0.25, 0.3) is 10.8 Å². The summed E-state index contributed by atoms with van der Waals surface area (Å²) >= 11 is 0. The number of amides is 3. The number of carboxylic acid groups (broad SMARTS) is 1. The second-order valence-electron chi connectivity index (χ2n) is 18.8. The number of rotatable bonds is 23. The van der Waals surface area contributed by atoms with Crippen LogP contribution in [0.5, 0.6) is 0 Å². The molecule has 0 unspecified atom stereocenters. The average molecular weight is 1070 g/mol. The maximum absolute atomic E-state index is 14.4. The summed E-state index contributed by atoms with van der Waals surface area (Å²) in [6.45, 7) is 2.94. The van der Waals surface area contributed by atoms with Gasteiger partial charge in [-0.15, -0.1) is 0 Å². The first-order valence-corrected chi connectivity index (χ1v) is 24.4. The van der Waals surface area contributed by atoms with E-state index in [9.17, 15) is 80.5 Å². The molecule has 4 saturated heterocycles. The zero-order valence-electron chi connectivity index (χ0n) is 41.0. The van der Waals surface area contributed by atoms with Crippen LogP contribution in [0, 0.1) is 0 Å². The van der Waals surface area contributed by atoms with Crippen molar-refractivity contribution in [2.75, 3.05) is 33.0 Å². The third-order valence-electron chi connectivity index (χ3n) is 13.4. The highest BCUT2D eigenvalue weighted by Gasteiger charge is 2.61. The van der Waals surface area contributed by atoms with Gasteiger partial charge in [-0.25, -0.2) is 4.79 Å². The van der Waals surface area contributed by atoms with E-state index in [1.807, 2.05) is 6.07 Å². The first-order chi connectivity index (χ1) is 35.7. The molecule has 0 saturated carbocycles. The van der Waals surface area contributed by atoms with E-state index in [0.29, 0.717) is 31.2 Å². The van der Waals surface area contributed by atoms with Crippen LogP contribution < -0.4 is 16.0 Å². The van der Waals surface area contributed by atoms with Gasteiger partial charge >= 0.3 is 5.97 Å². The van der Waals surface area contributed by atoms with E-state index in [4.69, 9.17) is 37.9 Å². The number of hydrogen-bond donors (Lipinski definition) is 15. The molecule has 4 aliphatic heterocycles. The molecule has 0 bridgehead atoms. The standard InChI is InChI=1S/C48H69N3O24/c1-4-30(58)49-14-8-5-9-15-68-44-32(51-43(65)25-13-12-23-10-6-7-11-24(23)16-25)41(73-45-37(63)36(62)33(59)21(2)69-45)39(29(20-54)71-44)72-46-38(64)42(35(61)28(19-53)70-46)75-48(47(66)67)17-26(56)31(50-22(3)55)40(74-48)34(60)27(57)18-52/h4,6-7,10-13,16,21,26-29,31-42,44-46,52-54,56-57,59-64H,1,5,8-9,14-15,17-20H2,2-3H3,(H,49,58)(H,50,55)(H,51,65)(H,66,67)/t21-,26-,27+,28+,29+,31+,32+,33+,34+,35-,36+,37-,38+,39+,40+,41+,42-,44+,45-,46-,48-/m0/s1. The molecule has 4 aliphatic rings. The van der Waals surface area contributed by atoms with E-state index >= 15 is 0 Å². The van der Waals surface area contributed by atoms with E-state index in [1.54, 1.807) is 30.3 Å². The number of carbonyl (C=O) groups excluding carboxylic acids is 3. The molecule has 6 rings (SSSR count). The Morgan fingerprint density at radius 3 is 2.09 bits per heavy atom. The van der Waals surface area contributed by atoms with Crippen molar-refractivity contribution in [2.24, 2.45) is 0 Å². The topological polar surface area (TPSA) is 421 Å². The lowest BCUT2D eigenvalue weighted by molar-refractivity contribution is -0.391. The summed E-state index contributed by atoms with van der Waals surface area (Å²) in [6.07, 6.45) is -32.8. The molecule has 3 amide bonds. The summed E-state index contributed by atoms with van der Waals surface area (Å²) < 4.78 is 48.4. The molecule has 420 valence electrons. The molecule has 2 aromatic carbocycles. The van der Waals surface area contributed by atoms with Gasteiger partial charge in [-0.2, -0.15) is 0 Å². The van der Waals surface area contributed by atoms with Crippen molar-refractivity contribution in [1.82, 2.24) is 16.0 Å². The molecule has 0 aliphatic carbocycles. The predicted molar refractivity (Wildman–Crippen MR) is 251 cm³/mol. The lowest BCUT2D eigenvalue weighted by atomic mass is 9.88. The van der Waals surface area contributed by atoms with Crippen LogP contribution in [0.15, 0.2) is 55.1 Å². The highest BCUT2D eigenvalue weighted by atomic mass is 16.8. The highest BCUT2D eigenvalue weighted by molar-refractivity contribution is 5.98. The van der Waals surface area contributed by atoms with E-state index in [-0.39, 0.29) is 18.1 Å². The molecule has 21 atom stereocenters. The van der Waals surface area contributed by atoms with Crippen LogP contribution in [0.4, 0.5) is 0 Å². The van der Waals surface area contributed by atoms with E-state index in [0.717, 1.165) is 18.4 Å². The molecule has 0 radical (unpaired) electrons. The normalized spacial score (nSPS) is 37.0. The molecule has 0 spiro atoms. The van der Waals surface area contributed by atoms with Gasteiger partial charge in [0, 0.05) is 32.1 Å². The van der Waals surface area contributed by atoms with Crippen LogP contribution >= 0.6 is 0 Å². The van der Waals surface area contributed by atoms with E-state index < -0.39 is 172 Å². The summed E-state index contributed by atoms with van der Waals surface area (Å²) in [5.41, 5.74) is 0.118. The van der Waals surface area contributed by atoms with Gasteiger partial charge in [0.2, 0.25) is 11.8 Å². The average Bonchev–Trinajstić information content (AvgIpc) is 3.39. The summed E-state index contributed by atoms with van der Waals surface area (Å²) in [5, 5.41) is 140. The maximum Gasteiger partial charge on any atom is 0.364 e. The van der Waals surface area contributed by atoms with Crippen molar-refractivity contribution in [3.05, 3.63) is 60.7 Å². The molecule has 4 fully saturated rings. The number of aliphatic hydroxyl groups excluding tert-OH is 11. The fraction of sp³-hybridized carbons (Fsp3) is 0.667. The number of aliphatic carboxylic acids is 1. The Balaban J connectivity index is 1.37. The molecular formula is C48H69N3O24. The second-order valence-corrected chi connectivity index (χ2v) is 18.8. The number of carbonyl (C=O) groups is 4. The molecule has 27 nitrogen and oxygen atoms in total. The van der Waals surface area contributed by atoms with Crippen LogP contribution in [-0.4, -0.2) is 246 Å². The number of carboxylic acids is 1. The highest BCUT2D eigenvalue weighted by Crippen LogP contribution is 2.39. The van der Waals surface area contributed by atoms with Crippen molar-refractivity contribution >= 4 is 34.5 Å². The molecule has 2 aromatic rings. The fourth-order valence-corrected chi connectivity index (χ4v) is 9.33. The number of nitrogens with one attached hydrogen (secondary N) is 3. The van der Waals surface area contributed by atoms with Crippen molar-refractivity contribution < 1.29 is 118 Å². The molecule has 15 N–H and O–H groups in total. The Morgan fingerprint density at radius 2 is 1.44 bits per heavy atom. The van der Waals surface area contributed by atoms with Gasteiger partial charge in [0.05, 0.1) is 38.1 Å². The Kier molecular flexibility index (Phi) is 21.3. The minimum atomic E-state index is -3.16. The van der Waals surface area contributed by atoms with E-state index in [1.165, 1.54) is 13.0 Å². The molecule has 27 heteroatoms. The Morgan fingerprint density at radius 1 is 0.773 bits per heavy atom. The summed E-state index contributed by atoms with van der Waals surface area (Å²) in [7, 11) is 0. The monoisotopic (exact) mass is 1070 g/mol.